The zero-order chi connectivity index (χ0) is 22.2. The molecule has 0 bridgehead atoms. The molecule has 0 fully saturated rings. The SMILES string of the molecule is CCS(=O)c1ccc(Cl)cc1Cn1c(=O)[nH]c2cc(CBr)c(C(F)(F)F)cc2c1=O. The number of nitrogens with one attached hydrogen (secondary N) is 1. The van der Waals surface area contributed by atoms with E-state index in [2.05, 4.69) is 20.9 Å². The number of nitrogens with zero attached hydrogens (tertiary/aromatic N) is 1. The largest absolute Gasteiger partial charge is 0.416 e. The number of aromatic amines is 1. The molecule has 2 aromatic carbocycles. The number of hydrogen-bond acceptors (Lipinski definition) is 3. The highest BCUT2D eigenvalue weighted by molar-refractivity contribution is 9.08. The molecule has 3 aromatic rings. The lowest BCUT2D eigenvalue weighted by atomic mass is 10.1. The molecule has 0 aliphatic rings. The Hall–Kier alpha value is -1.91. The number of halogens is 5. The summed E-state index contributed by atoms with van der Waals surface area (Å²) in [6.45, 7) is 1.43. The van der Waals surface area contributed by atoms with Crippen LogP contribution in [0.4, 0.5) is 13.2 Å². The third-order valence-electron chi connectivity index (χ3n) is 4.51. The number of fused-ring (bicyclic) bond motifs is 1. The van der Waals surface area contributed by atoms with Crippen molar-refractivity contribution in [3.05, 3.63) is 72.9 Å². The summed E-state index contributed by atoms with van der Waals surface area (Å²) >= 11 is 9.01. The van der Waals surface area contributed by atoms with Gasteiger partial charge in [0.25, 0.3) is 5.56 Å². The quantitative estimate of drug-likeness (QED) is 0.503. The monoisotopic (exact) mass is 522 g/mol. The molecular formula is C19H15BrClF3N2O3S. The van der Waals surface area contributed by atoms with Crippen molar-refractivity contribution in [2.45, 2.75) is 29.9 Å². The van der Waals surface area contributed by atoms with Crippen LogP contribution in [0.5, 0.6) is 0 Å². The zero-order valence-electron chi connectivity index (χ0n) is 15.5. The molecule has 11 heteroatoms. The van der Waals surface area contributed by atoms with Crippen molar-refractivity contribution in [2.75, 3.05) is 5.75 Å². The first kappa shape index (κ1) is 22.8. The number of hydrogen-bond donors (Lipinski definition) is 1. The van der Waals surface area contributed by atoms with E-state index in [0.29, 0.717) is 21.2 Å². The molecule has 1 heterocycles. The molecule has 0 aliphatic heterocycles. The van der Waals surface area contributed by atoms with Gasteiger partial charge in [-0.2, -0.15) is 13.2 Å². The van der Waals surface area contributed by atoms with Gasteiger partial charge in [0.1, 0.15) is 0 Å². The molecule has 160 valence electrons. The highest BCUT2D eigenvalue weighted by Gasteiger charge is 2.34. The molecule has 3 rings (SSSR count). The maximum absolute atomic E-state index is 13.4. The maximum atomic E-state index is 13.4. The van der Waals surface area contributed by atoms with Gasteiger partial charge >= 0.3 is 11.9 Å². The third-order valence-corrected chi connectivity index (χ3v) is 6.77. The lowest BCUT2D eigenvalue weighted by Gasteiger charge is -2.14. The van der Waals surface area contributed by atoms with Crippen molar-refractivity contribution in [1.29, 1.82) is 0 Å². The van der Waals surface area contributed by atoms with Crippen molar-refractivity contribution in [1.82, 2.24) is 9.55 Å². The first-order valence-corrected chi connectivity index (χ1v) is 11.5. The fourth-order valence-electron chi connectivity index (χ4n) is 3.08. The molecule has 1 unspecified atom stereocenters. The van der Waals surface area contributed by atoms with Crippen molar-refractivity contribution in [3.8, 4) is 0 Å². The molecule has 1 aromatic heterocycles. The fourth-order valence-corrected chi connectivity index (χ4v) is 4.69. The van der Waals surface area contributed by atoms with Crippen LogP contribution in [-0.4, -0.2) is 19.5 Å². The van der Waals surface area contributed by atoms with E-state index in [0.717, 1.165) is 16.7 Å². The Labute approximate surface area is 184 Å². The first-order valence-electron chi connectivity index (χ1n) is 8.66. The molecule has 1 N–H and O–H groups in total. The minimum Gasteiger partial charge on any atom is -0.307 e. The van der Waals surface area contributed by atoms with Gasteiger partial charge in [0, 0.05) is 21.0 Å². The average Bonchev–Trinajstić information content (AvgIpc) is 2.69. The van der Waals surface area contributed by atoms with Gasteiger partial charge in [-0.3, -0.25) is 13.6 Å². The minimum atomic E-state index is -4.66. The zero-order valence-corrected chi connectivity index (χ0v) is 18.6. The number of alkyl halides is 4. The fraction of sp³-hybridized carbons (Fsp3) is 0.263. The van der Waals surface area contributed by atoms with Crippen LogP contribution in [0.1, 0.15) is 23.6 Å². The molecular weight excluding hydrogens is 509 g/mol. The molecule has 0 radical (unpaired) electrons. The molecule has 30 heavy (non-hydrogen) atoms. The Balaban J connectivity index is 2.24. The van der Waals surface area contributed by atoms with E-state index in [1.807, 2.05) is 0 Å². The van der Waals surface area contributed by atoms with E-state index in [-0.39, 0.29) is 28.3 Å². The van der Waals surface area contributed by atoms with Gasteiger partial charge < -0.3 is 4.98 Å². The van der Waals surface area contributed by atoms with Gasteiger partial charge in [0.15, 0.2) is 0 Å². The molecule has 0 saturated carbocycles. The molecule has 0 spiro atoms. The third kappa shape index (κ3) is 4.40. The van der Waals surface area contributed by atoms with Crippen molar-refractivity contribution >= 4 is 49.2 Å². The lowest BCUT2D eigenvalue weighted by molar-refractivity contribution is -0.138. The van der Waals surface area contributed by atoms with Gasteiger partial charge in [-0.05, 0) is 41.5 Å². The molecule has 0 aliphatic carbocycles. The van der Waals surface area contributed by atoms with Crippen molar-refractivity contribution in [2.24, 2.45) is 0 Å². The van der Waals surface area contributed by atoms with E-state index in [1.54, 1.807) is 19.1 Å². The van der Waals surface area contributed by atoms with Crippen LogP contribution in [0, 0.1) is 0 Å². The maximum Gasteiger partial charge on any atom is 0.416 e. The second-order valence-corrected chi connectivity index (χ2v) is 9.10. The number of benzene rings is 2. The van der Waals surface area contributed by atoms with E-state index in [1.165, 1.54) is 6.07 Å². The summed E-state index contributed by atoms with van der Waals surface area (Å²) in [6.07, 6.45) is -4.66. The summed E-state index contributed by atoms with van der Waals surface area (Å²) in [5, 5.41) is -0.0577. The lowest BCUT2D eigenvalue weighted by Crippen LogP contribution is -2.36. The first-order chi connectivity index (χ1) is 14.1. The Morgan fingerprint density at radius 1 is 1.17 bits per heavy atom. The second-order valence-electron chi connectivity index (χ2n) is 6.39. The molecule has 1 atom stereocenters. The number of rotatable bonds is 5. The summed E-state index contributed by atoms with van der Waals surface area (Å²) < 4.78 is 53.3. The van der Waals surface area contributed by atoms with Crippen LogP contribution in [0.25, 0.3) is 10.9 Å². The Morgan fingerprint density at radius 2 is 1.87 bits per heavy atom. The smallest absolute Gasteiger partial charge is 0.307 e. The van der Waals surface area contributed by atoms with Gasteiger partial charge in [-0.25, -0.2) is 4.79 Å². The Morgan fingerprint density at radius 3 is 2.47 bits per heavy atom. The molecule has 5 nitrogen and oxygen atoms in total. The topological polar surface area (TPSA) is 71.9 Å². The predicted molar refractivity (Wildman–Crippen MR) is 114 cm³/mol. The molecule has 0 amide bonds. The summed E-state index contributed by atoms with van der Waals surface area (Å²) in [5.41, 5.74) is -2.35. The standard InChI is InChI=1S/C19H15BrClF3N2O3S/c1-2-30(29)16-4-3-12(21)5-11(16)9-26-17(27)13-7-14(19(22,23)24)10(8-20)6-15(13)25-18(26)28/h3-7H,2,8-9H2,1H3,(H,25,28). The second kappa shape index (κ2) is 8.68. The van der Waals surface area contributed by atoms with Crippen LogP contribution >= 0.6 is 27.5 Å². The predicted octanol–water partition coefficient (Wildman–Crippen LogP) is 4.43. The normalized spacial score (nSPS) is 13.0. The highest BCUT2D eigenvalue weighted by atomic mass is 79.9. The summed E-state index contributed by atoms with van der Waals surface area (Å²) in [4.78, 5) is 28.3. The van der Waals surface area contributed by atoms with E-state index in [9.17, 15) is 27.0 Å². The Bertz CT molecular complexity index is 1270. The summed E-state index contributed by atoms with van der Waals surface area (Å²) in [7, 11) is -1.38. The van der Waals surface area contributed by atoms with Crippen LogP contribution in [0.2, 0.25) is 5.02 Å². The summed E-state index contributed by atoms with van der Waals surface area (Å²) in [5.74, 6) is 0.307. The van der Waals surface area contributed by atoms with Gasteiger partial charge in [-0.15, -0.1) is 0 Å². The van der Waals surface area contributed by atoms with Gasteiger partial charge in [-0.1, -0.05) is 34.5 Å². The van der Waals surface area contributed by atoms with E-state index < -0.39 is 33.8 Å². The Kier molecular flexibility index (Phi) is 6.59. The average molecular weight is 524 g/mol. The van der Waals surface area contributed by atoms with Gasteiger partial charge in [0.05, 0.1) is 33.8 Å². The number of aromatic nitrogens is 2. The minimum absolute atomic E-state index is 0.00662. The van der Waals surface area contributed by atoms with Crippen molar-refractivity contribution in [3.63, 3.8) is 0 Å². The van der Waals surface area contributed by atoms with Crippen LogP contribution in [-0.2, 0) is 28.9 Å². The van der Waals surface area contributed by atoms with E-state index >= 15 is 0 Å². The number of H-pyrrole nitrogens is 1. The van der Waals surface area contributed by atoms with Crippen LogP contribution in [0.3, 0.4) is 0 Å². The highest BCUT2D eigenvalue weighted by Crippen LogP contribution is 2.34. The molecule has 0 saturated heterocycles. The van der Waals surface area contributed by atoms with Gasteiger partial charge in [0.2, 0.25) is 0 Å². The van der Waals surface area contributed by atoms with E-state index in [4.69, 9.17) is 11.6 Å². The summed E-state index contributed by atoms with van der Waals surface area (Å²) in [6, 6.07) is 6.44. The van der Waals surface area contributed by atoms with Crippen molar-refractivity contribution < 1.29 is 17.4 Å². The van der Waals surface area contributed by atoms with Crippen LogP contribution in [0.15, 0.2) is 44.8 Å². The van der Waals surface area contributed by atoms with Crippen LogP contribution < -0.4 is 11.2 Å².